The van der Waals surface area contributed by atoms with Crippen LogP contribution in [-0.2, 0) is 16.0 Å². The Balaban J connectivity index is 1.60. The Morgan fingerprint density at radius 3 is 3.24 bits per heavy atom. The van der Waals surface area contributed by atoms with Gasteiger partial charge in [-0.1, -0.05) is 0 Å². The van der Waals surface area contributed by atoms with E-state index in [0.29, 0.717) is 19.4 Å². The second-order valence-corrected chi connectivity index (χ2v) is 4.22. The van der Waals surface area contributed by atoms with E-state index < -0.39 is 0 Å². The van der Waals surface area contributed by atoms with Crippen molar-refractivity contribution in [2.45, 2.75) is 38.2 Å². The zero-order valence-corrected chi connectivity index (χ0v) is 9.82. The Morgan fingerprint density at radius 1 is 1.59 bits per heavy atom. The Kier molecular flexibility index (Phi) is 4.49. The summed E-state index contributed by atoms with van der Waals surface area (Å²) in [6, 6.07) is 0. The number of hydrogen-bond donors (Lipinski definition) is 2. The molecule has 2 heterocycles. The molecule has 1 atom stereocenters. The van der Waals surface area contributed by atoms with Crippen molar-refractivity contribution in [2.24, 2.45) is 0 Å². The molecule has 0 bridgehead atoms. The second kappa shape index (κ2) is 6.34. The van der Waals surface area contributed by atoms with E-state index in [-0.39, 0.29) is 12.0 Å². The van der Waals surface area contributed by atoms with Crippen molar-refractivity contribution in [3.63, 3.8) is 0 Å². The molecule has 0 saturated carbocycles. The Morgan fingerprint density at radius 2 is 2.53 bits per heavy atom. The molecular formula is C11H18N4O2. The summed E-state index contributed by atoms with van der Waals surface area (Å²) in [7, 11) is 0. The second-order valence-electron chi connectivity index (χ2n) is 4.22. The van der Waals surface area contributed by atoms with Crippen LogP contribution >= 0.6 is 0 Å². The highest BCUT2D eigenvalue weighted by Gasteiger charge is 2.17. The predicted molar refractivity (Wildman–Crippen MR) is 61.3 cm³/mol. The number of rotatable bonds is 5. The van der Waals surface area contributed by atoms with Gasteiger partial charge in [-0.05, 0) is 19.3 Å². The molecule has 6 heteroatoms. The van der Waals surface area contributed by atoms with Crippen molar-refractivity contribution in [2.75, 3.05) is 13.2 Å². The third-order valence-corrected chi connectivity index (χ3v) is 2.84. The van der Waals surface area contributed by atoms with Crippen molar-refractivity contribution in [3.8, 4) is 0 Å². The van der Waals surface area contributed by atoms with Gasteiger partial charge in [0.05, 0.1) is 12.5 Å². The van der Waals surface area contributed by atoms with Crippen molar-refractivity contribution >= 4 is 5.91 Å². The average molecular weight is 238 g/mol. The minimum absolute atomic E-state index is 0.0522. The van der Waals surface area contributed by atoms with E-state index >= 15 is 0 Å². The number of hydrogen-bond acceptors (Lipinski definition) is 4. The van der Waals surface area contributed by atoms with E-state index in [1.807, 2.05) is 0 Å². The fraction of sp³-hybridized carbons (Fsp3) is 0.727. The van der Waals surface area contributed by atoms with Crippen LogP contribution in [-0.4, -0.2) is 40.3 Å². The largest absolute Gasteiger partial charge is 0.378 e. The first-order valence-electron chi connectivity index (χ1n) is 6.07. The van der Waals surface area contributed by atoms with Crippen LogP contribution in [0.3, 0.4) is 0 Å². The van der Waals surface area contributed by atoms with Crippen LogP contribution in [0.2, 0.25) is 0 Å². The zero-order valence-electron chi connectivity index (χ0n) is 9.82. The van der Waals surface area contributed by atoms with Crippen LogP contribution in [0.5, 0.6) is 0 Å². The van der Waals surface area contributed by atoms with Crippen LogP contribution in [0.15, 0.2) is 6.33 Å². The molecule has 2 rings (SSSR count). The summed E-state index contributed by atoms with van der Waals surface area (Å²) in [5.41, 5.74) is 0. The van der Waals surface area contributed by atoms with Crippen molar-refractivity contribution in [1.82, 2.24) is 20.5 Å². The summed E-state index contributed by atoms with van der Waals surface area (Å²) in [5, 5.41) is 9.36. The molecule has 1 unspecified atom stereocenters. The summed E-state index contributed by atoms with van der Waals surface area (Å²) in [4.78, 5) is 15.6. The van der Waals surface area contributed by atoms with Gasteiger partial charge < -0.3 is 10.1 Å². The fourth-order valence-corrected chi connectivity index (χ4v) is 1.92. The predicted octanol–water partition coefficient (Wildman–Crippen LogP) is 0.423. The van der Waals surface area contributed by atoms with E-state index in [4.69, 9.17) is 4.74 Å². The van der Waals surface area contributed by atoms with E-state index in [9.17, 15) is 4.79 Å². The van der Waals surface area contributed by atoms with Crippen LogP contribution in [0.1, 0.15) is 31.5 Å². The van der Waals surface area contributed by atoms with Gasteiger partial charge in [0, 0.05) is 19.6 Å². The summed E-state index contributed by atoms with van der Waals surface area (Å²) >= 11 is 0. The minimum atomic E-state index is 0.0522. The number of carbonyl (C=O) groups excluding carboxylic acids is 1. The number of nitrogens with one attached hydrogen (secondary N) is 2. The highest BCUT2D eigenvalue weighted by molar-refractivity contribution is 5.76. The number of amides is 1. The third kappa shape index (κ3) is 4.14. The molecule has 0 spiro atoms. The van der Waals surface area contributed by atoms with Gasteiger partial charge in [0.1, 0.15) is 12.2 Å². The molecule has 1 aromatic heterocycles. The molecular weight excluding hydrogens is 220 g/mol. The molecule has 94 valence electrons. The van der Waals surface area contributed by atoms with Crippen LogP contribution in [0.4, 0.5) is 0 Å². The highest BCUT2D eigenvalue weighted by Crippen LogP contribution is 2.15. The molecule has 2 N–H and O–H groups in total. The summed E-state index contributed by atoms with van der Waals surface area (Å²) in [5.74, 6) is 0.843. The lowest BCUT2D eigenvalue weighted by molar-refractivity contribution is -0.124. The first-order valence-corrected chi connectivity index (χ1v) is 6.07. The number of carbonyl (C=O) groups is 1. The van der Waals surface area contributed by atoms with E-state index in [1.54, 1.807) is 0 Å². The van der Waals surface area contributed by atoms with Gasteiger partial charge in [-0.15, -0.1) is 0 Å². The number of nitrogens with zero attached hydrogens (tertiary/aromatic N) is 2. The summed E-state index contributed by atoms with van der Waals surface area (Å²) in [6.07, 6.45) is 5.99. The standard InChI is InChI=1S/C11H18N4O2/c16-11(7-9-3-1-2-6-17-9)12-5-4-10-13-8-14-15-10/h8-9H,1-7H2,(H,12,16)(H,13,14,15). The van der Waals surface area contributed by atoms with Crippen molar-refractivity contribution in [3.05, 3.63) is 12.2 Å². The normalized spacial score (nSPS) is 20.1. The number of H-pyrrole nitrogens is 1. The molecule has 1 aliphatic heterocycles. The van der Waals surface area contributed by atoms with Gasteiger partial charge in [-0.3, -0.25) is 9.89 Å². The smallest absolute Gasteiger partial charge is 0.222 e. The maximum atomic E-state index is 11.6. The molecule has 1 aliphatic rings. The van der Waals surface area contributed by atoms with Crippen LogP contribution in [0.25, 0.3) is 0 Å². The van der Waals surface area contributed by atoms with Crippen LogP contribution in [0, 0.1) is 0 Å². The lowest BCUT2D eigenvalue weighted by Crippen LogP contribution is -2.31. The number of aromatic amines is 1. The first-order chi connectivity index (χ1) is 8.34. The van der Waals surface area contributed by atoms with Gasteiger partial charge in [0.25, 0.3) is 0 Å². The van der Waals surface area contributed by atoms with Gasteiger partial charge in [0.15, 0.2) is 0 Å². The monoisotopic (exact) mass is 238 g/mol. The topological polar surface area (TPSA) is 79.9 Å². The third-order valence-electron chi connectivity index (χ3n) is 2.84. The molecule has 1 fully saturated rings. The SMILES string of the molecule is O=C(CC1CCCCO1)NCCc1ncn[nH]1. The number of ether oxygens (including phenoxy) is 1. The maximum Gasteiger partial charge on any atom is 0.222 e. The van der Waals surface area contributed by atoms with Crippen molar-refractivity contribution < 1.29 is 9.53 Å². The number of aromatic nitrogens is 3. The minimum Gasteiger partial charge on any atom is -0.378 e. The van der Waals surface area contributed by atoms with E-state index in [2.05, 4.69) is 20.5 Å². The first kappa shape index (κ1) is 12.0. The Bertz CT molecular complexity index is 333. The van der Waals surface area contributed by atoms with Gasteiger partial charge >= 0.3 is 0 Å². The summed E-state index contributed by atoms with van der Waals surface area (Å²) < 4.78 is 5.51. The molecule has 6 nitrogen and oxygen atoms in total. The Labute approximate surface area is 100 Å². The van der Waals surface area contributed by atoms with E-state index in [0.717, 1.165) is 31.7 Å². The molecule has 1 amide bonds. The maximum absolute atomic E-state index is 11.6. The van der Waals surface area contributed by atoms with E-state index in [1.165, 1.54) is 6.33 Å². The molecule has 1 aromatic rings. The van der Waals surface area contributed by atoms with Crippen molar-refractivity contribution in [1.29, 1.82) is 0 Å². The molecule has 1 saturated heterocycles. The Hall–Kier alpha value is -1.43. The fourth-order valence-electron chi connectivity index (χ4n) is 1.92. The molecule has 0 aliphatic carbocycles. The van der Waals surface area contributed by atoms with Crippen LogP contribution < -0.4 is 5.32 Å². The van der Waals surface area contributed by atoms with Gasteiger partial charge in [-0.2, -0.15) is 5.10 Å². The van der Waals surface area contributed by atoms with Gasteiger partial charge in [-0.25, -0.2) is 4.98 Å². The zero-order chi connectivity index (χ0) is 11.9. The molecule has 0 aromatic carbocycles. The summed E-state index contributed by atoms with van der Waals surface area (Å²) in [6.45, 7) is 1.37. The average Bonchev–Trinajstić information content (AvgIpc) is 2.83. The van der Waals surface area contributed by atoms with Gasteiger partial charge in [0.2, 0.25) is 5.91 Å². The molecule has 17 heavy (non-hydrogen) atoms. The lowest BCUT2D eigenvalue weighted by Gasteiger charge is -2.21. The molecule has 0 radical (unpaired) electrons. The quantitative estimate of drug-likeness (QED) is 0.779. The highest BCUT2D eigenvalue weighted by atomic mass is 16.5. The lowest BCUT2D eigenvalue weighted by atomic mass is 10.1.